The van der Waals surface area contributed by atoms with Crippen molar-refractivity contribution in [2.24, 2.45) is 0 Å². The maximum absolute atomic E-state index is 12.9. The number of hydrogen-bond donors (Lipinski definition) is 3. The van der Waals surface area contributed by atoms with Gasteiger partial charge in [0, 0.05) is 18.5 Å². The molecule has 1 fully saturated rings. The minimum absolute atomic E-state index is 0.165. The molecular formula is C23H22N4O5. The van der Waals surface area contributed by atoms with Gasteiger partial charge in [0.05, 0.1) is 5.69 Å². The van der Waals surface area contributed by atoms with E-state index >= 15 is 0 Å². The molecule has 2 aromatic rings. The highest BCUT2D eigenvalue weighted by Crippen LogP contribution is 2.37. The first-order chi connectivity index (χ1) is 15.2. The average Bonchev–Trinajstić information content (AvgIpc) is 3.22. The van der Waals surface area contributed by atoms with Gasteiger partial charge in [-0.3, -0.25) is 24.6 Å². The van der Waals surface area contributed by atoms with Gasteiger partial charge >= 0.3 is 6.03 Å². The van der Waals surface area contributed by atoms with Gasteiger partial charge in [-0.2, -0.15) is 0 Å². The first-order valence-electron chi connectivity index (χ1n) is 10.3. The number of fused-ring (bicyclic) bond motifs is 2. The number of hydrogen-bond acceptors (Lipinski definition) is 5. The molecule has 5 amide bonds. The van der Waals surface area contributed by atoms with E-state index in [1.54, 1.807) is 44.2 Å². The van der Waals surface area contributed by atoms with E-state index in [2.05, 4.69) is 16.0 Å². The lowest BCUT2D eigenvalue weighted by molar-refractivity contribution is -0.133. The van der Waals surface area contributed by atoms with Crippen LogP contribution in [0.25, 0.3) is 0 Å². The van der Waals surface area contributed by atoms with Crippen LogP contribution in [-0.2, 0) is 27.2 Å². The monoisotopic (exact) mass is 434 g/mol. The van der Waals surface area contributed by atoms with Crippen molar-refractivity contribution >= 4 is 35.1 Å². The minimum Gasteiger partial charge on any atom is -0.476 e. The van der Waals surface area contributed by atoms with Crippen molar-refractivity contribution in [3.63, 3.8) is 0 Å². The van der Waals surface area contributed by atoms with Crippen LogP contribution in [0.1, 0.15) is 25.0 Å². The van der Waals surface area contributed by atoms with Crippen molar-refractivity contribution in [3.05, 3.63) is 53.6 Å². The summed E-state index contributed by atoms with van der Waals surface area (Å²) < 4.78 is 5.79. The Morgan fingerprint density at radius 1 is 1.09 bits per heavy atom. The molecule has 3 N–H and O–H groups in total. The highest BCUT2D eigenvalue weighted by Gasteiger charge is 2.50. The van der Waals surface area contributed by atoms with E-state index < -0.39 is 17.2 Å². The van der Waals surface area contributed by atoms with Gasteiger partial charge in [0.1, 0.15) is 17.8 Å². The van der Waals surface area contributed by atoms with Gasteiger partial charge in [0.25, 0.3) is 11.8 Å². The highest BCUT2D eigenvalue weighted by molar-refractivity contribution is 6.09. The quantitative estimate of drug-likeness (QED) is 0.633. The van der Waals surface area contributed by atoms with Crippen molar-refractivity contribution in [1.82, 2.24) is 10.6 Å². The maximum Gasteiger partial charge on any atom is 0.322 e. The number of benzene rings is 2. The van der Waals surface area contributed by atoms with Crippen molar-refractivity contribution in [1.29, 1.82) is 0 Å². The smallest absolute Gasteiger partial charge is 0.322 e. The fourth-order valence-electron chi connectivity index (χ4n) is 4.55. The number of amides is 5. The lowest BCUT2D eigenvalue weighted by Crippen LogP contribution is -2.54. The molecule has 0 unspecified atom stereocenters. The Hall–Kier alpha value is -3.88. The molecule has 1 spiro atoms. The van der Waals surface area contributed by atoms with Crippen LogP contribution in [0.2, 0.25) is 0 Å². The Kier molecular flexibility index (Phi) is 4.27. The number of urea groups is 1. The molecule has 3 aliphatic rings. The highest BCUT2D eigenvalue weighted by atomic mass is 16.5. The first-order valence-corrected chi connectivity index (χ1v) is 10.3. The number of ether oxygens (including phenoxy) is 1. The minimum atomic E-state index is -1.08. The van der Waals surface area contributed by atoms with Crippen LogP contribution in [0, 0.1) is 0 Å². The van der Waals surface area contributed by atoms with Gasteiger partial charge in [-0.25, -0.2) is 4.79 Å². The van der Waals surface area contributed by atoms with Crippen molar-refractivity contribution in [2.75, 3.05) is 16.8 Å². The normalized spacial score (nSPS) is 22.7. The van der Waals surface area contributed by atoms with Crippen LogP contribution < -0.4 is 25.6 Å². The number of nitrogens with one attached hydrogen (secondary N) is 3. The molecule has 1 saturated heterocycles. The molecule has 1 aliphatic carbocycles. The number of carbonyl (C=O) groups excluding carboxylic acids is 4. The van der Waals surface area contributed by atoms with Gasteiger partial charge in [-0.05, 0) is 49.2 Å². The second-order valence-corrected chi connectivity index (χ2v) is 8.85. The van der Waals surface area contributed by atoms with Gasteiger partial charge in [-0.15, -0.1) is 0 Å². The number of para-hydroxylation sites is 2. The Morgan fingerprint density at radius 3 is 2.59 bits per heavy atom. The van der Waals surface area contributed by atoms with E-state index in [4.69, 9.17) is 4.74 Å². The largest absolute Gasteiger partial charge is 0.476 e. The molecule has 0 radical (unpaired) electrons. The Labute approximate surface area is 184 Å². The van der Waals surface area contributed by atoms with E-state index in [0.29, 0.717) is 30.0 Å². The molecule has 9 heteroatoms. The molecule has 0 saturated carbocycles. The summed E-state index contributed by atoms with van der Waals surface area (Å²) in [5.41, 5.74) is 0.892. The maximum atomic E-state index is 12.9. The number of carbonyl (C=O) groups is 4. The zero-order valence-electron chi connectivity index (χ0n) is 17.7. The molecule has 32 heavy (non-hydrogen) atoms. The molecular weight excluding hydrogens is 412 g/mol. The zero-order valence-corrected chi connectivity index (χ0v) is 17.7. The molecule has 0 bridgehead atoms. The third-order valence-corrected chi connectivity index (χ3v) is 6.07. The SMILES string of the molecule is CC1(C)Oc2ccccc2N(CC(=O)Nc2ccc3c(c2)C[C@]2(C3)NC(=O)NC2=O)C1=O. The van der Waals surface area contributed by atoms with Crippen molar-refractivity contribution in [2.45, 2.75) is 37.8 Å². The van der Waals surface area contributed by atoms with Crippen LogP contribution >= 0.6 is 0 Å². The third kappa shape index (κ3) is 3.17. The zero-order chi connectivity index (χ0) is 22.7. The summed E-state index contributed by atoms with van der Waals surface area (Å²) in [6.45, 7) is 3.18. The van der Waals surface area contributed by atoms with Crippen molar-refractivity contribution in [3.8, 4) is 5.75 Å². The third-order valence-electron chi connectivity index (χ3n) is 6.07. The number of rotatable bonds is 3. The Morgan fingerprint density at radius 2 is 1.84 bits per heavy atom. The second-order valence-electron chi connectivity index (χ2n) is 8.85. The van der Waals surface area contributed by atoms with Crippen LogP contribution in [-0.4, -0.2) is 41.4 Å². The molecule has 164 valence electrons. The van der Waals surface area contributed by atoms with E-state index in [0.717, 1.165) is 11.1 Å². The topological polar surface area (TPSA) is 117 Å². The lowest BCUT2D eigenvalue weighted by Gasteiger charge is -2.38. The standard InChI is InChI=1S/C23H22N4O5/c1-22(2)20(30)27(16-5-3-4-6-17(16)32-22)12-18(28)24-15-8-7-13-10-23(11-14(13)9-15)19(29)25-21(31)26-23/h3-9H,10-12H2,1-2H3,(H,24,28)(H2,25,26,29,31)/t23-/m0/s1. The second kappa shape index (κ2) is 6.81. The lowest BCUT2D eigenvalue weighted by atomic mass is 9.96. The van der Waals surface area contributed by atoms with Gasteiger partial charge in [0.2, 0.25) is 5.91 Å². The van der Waals surface area contributed by atoms with Crippen LogP contribution in [0.4, 0.5) is 16.2 Å². The number of nitrogens with zero attached hydrogens (tertiary/aromatic N) is 1. The summed E-state index contributed by atoms with van der Waals surface area (Å²) in [5.74, 6) is -0.448. The van der Waals surface area contributed by atoms with Gasteiger partial charge in [0.15, 0.2) is 5.60 Å². The summed E-state index contributed by atoms with van der Waals surface area (Å²) >= 11 is 0. The molecule has 1 atom stereocenters. The molecule has 0 aromatic heterocycles. The van der Waals surface area contributed by atoms with E-state index in [1.165, 1.54) is 4.90 Å². The molecule has 2 aliphatic heterocycles. The van der Waals surface area contributed by atoms with Gasteiger partial charge < -0.3 is 15.4 Å². The fourth-order valence-corrected chi connectivity index (χ4v) is 4.55. The number of imide groups is 1. The summed E-state index contributed by atoms with van der Waals surface area (Å²) in [4.78, 5) is 51.0. The molecule has 2 aromatic carbocycles. The predicted molar refractivity (Wildman–Crippen MR) is 115 cm³/mol. The molecule has 2 heterocycles. The predicted octanol–water partition coefficient (Wildman–Crippen LogP) is 1.51. The van der Waals surface area contributed by atoms with Crippen molar-refractivity contribution < 1.29 is 23.9 Å². The summed E-state index contributed by atoms with van der Waals surface area (Å²) in [6, 6.07) is 12.0. The number of anilines is 2. The average molecular weight is 434 g/mol. The summed E-state index contributed by atoms with van der Waals surface area (Å²) in [7, 11) is 0. The summed E-state index contributed by atoms with van der Waals surface area (Å²) in [5, 5.41) is 7.84. The van der Waals surface area contributed by atoms with E-state index in [-0.39, 0.29) is 24.3 Å². The molecule has 9 nitrogen and oxygen atoms in total. The molecule has 5 rings (SSSR count). The van der Waals surface area contributed by atoms with Crippen LogP contribution in [0.5, 0.6) is 5.75 Å². The van der Waals surface area contributed by atoms with E-state index in [9.17, 15) is 19.2 Å². The fraction of sp³-hybridized carbons (Fsp3) is 0.304. The van der Waals surface area contributed by atoms with Gasteiger partial charge in [-0.1, -0.05) is 18.2 Å². The summed E-state index contributed by atoms with van der Waals surface area (Å²) in [6.07, 6.45) is 0.759. The van der Waals surface area contributed by atoms with E-state index in [1.807, 2.05) is 12.1 Å². The Bertz CT molecular complexity index is 1190. The van der Waals surface area contributed by atoms with Crippen LogP contribution in [0.3, 0.4) is 0 Å². The van der Waals surface area contributed by atoms with Crippen LogP contribution in [0.15, 0.2) is 42.5 Å². The Balaban J connectivity index is 1.33. The first kappa shape index (κ1) is 20.0.